The highest BCUT2D eigenvalue weighted by Gasteiger charge is 2.60. The molecule has 4 rings (SSSR count). The van der Waals surface area contributed by atoms with Gasteiger partial charge in [0.25, 0.3) is 5.91 Å². The molecule has 0 aliphatic carbocycles. The molecule has 0 fully saturated rings. The molecule has 0 saturated carbocycles. The number of amides is 1. The Morgan fingerprint density at radius 1 is 1.13 bits per heavy atom. The second-order valence-electron chi connectivity index (χ2n) is 6.86. The van der Waals surface area contributed by atoms with E-state index in [1.165, 1.54) is 0 Å². The van der Waals surface area contributed by atoms with Crippen LogP contribution in [-0.4, -0.2) is 33.7 Å². The predicted molar refractivity (Wildman–Crippen MR) is 103 cm³/mol. The van der Waals surface area contributed by atoms with E-state index >= 15 is 0 Å². The van der Waals surface area contributed by atoms with E-state index in [1.807, 2.05) is 24.3 Å². The molecule has 1 unspecified atom stereocenters. The Balaban J connectivity index is 1.44. The number of fused-ring (bicyclic) bond motifs is 1. The number of nitrogens with zero attached hydrogens (tertiary/aromatic N) is 2. The number of carbonyl (C=O) groups is 1. The molecule has 2 aromatic carbocycles. The first-order chi connectivity index (χ1) is 14.2. The van der Waals surface area contributed by atoms with Crippen LogP contribution in [0.1, 0.15) is 28.0 Å². The summed E-state index contributed by atoms with van der Waals surface area (Å²) in [6.07, 6.45) is -5.77. The number of alkyl halides is 3. The summed E-state index contributed by atoms with van der Waals surface area (Å²) in [6.45, 7) is 0.138. The Morgan fingerprint density at radius 2 is 1.93 bits per heavy atom. The Morgan fingerprint density at radius 3 is 2.70 bits per heavy atom. The first-order valence-corrected chi connectivity index (χ1v) is 9.03. The Kier molecular flexibility index (Phi) is 4.90. The molecule has 154 valence electrons. The summed E-state index contributed by atoms with van der Waals surface area (Å²) >= 11 is 0. The molecule has 9 heteroatoms. The molecule has 0 radical (unpaired) electrons. The average molecular weight is 415 g/mol. The third-order valence-corrected chi connectivity index (χ3v) is 4.70. The molecule has 2 heterocycles. The largest absolute Gasteiger partial charge is 0.458 e. The van der Waals surface area contributed by atoms with Gasteiger partial charge in [0.2, 0.25) is 0 Å². The summed E-state index contributed by atoms with van der Waals surface area (Å²) in [5.41, 5.74) is 1.94. The van der Waals surface area contributed by atoms with Crippen molar-refractivity contribution in [2.75, 3.05) is 0 Å². The topological polar surface area (TPSA) is 83.8 Å². The van der Waals surface area contributed by atoms with Crippen molar-refractivity contribution in [3.05, 3.63) is 77.5 Å². The van der Waals surface area contributed by atoms with Gasteiger partial charge in [-0.3, -0.25) is 4.79 Å². The highest BCUT2D eigenvalue weighted by Crippen LogP contribution is 2.38. The van der Waals surface area contributed by atoms with Crippen molar-refractivity contribution in [1.82, 2.24) is 10.3 Å². The molecule has 0 saturated heterocycles. The van der Waals surface area contributed by atoms with Crippen LogP contribution >= 0.6 is 0 Å². The summed E-state index contributed by atoms with van der Waals surface area (Å²) in [4.78, 5) is 21.0. The van der Waals surface area contributed by atoms with Crippen LogP contribution in [0.25, 0.3) is 10.9 Å². The van der Waals surface area contributed by atoms with E-state index in [0.29, 0.717) is 16.6 Å². The summed E-state index contributed by atoms with van der Waals surface area (Å²) in [5, 5.41) is 16.6. The van der Waals surface area contributed by atoms with Crippen LogP contribution in [0, 0.1) is 0 Å². The lowest BCUT2D eigenvalue weighted by molar-refractivity contribution is -0.355. The molecule has 2 N–H and O–H groups in total. The van der Waals surface area contributed by atoms with E-state index in [2.05, 4.69) is 20.3 Å². The second-order valence-corrected chi connectivity index (χ2v) is 6.86. The number of pyridine rings is 1. The predicted octanol–water partition coefficient (Wildman–Crippen LogP) is 3.54. The number of hydrogen-bond acceptors (Lipinski definition) is 5. The minimum atomic E-state index is -4.96. The fourth-order valence-corrected chi connectivity index (χ4v) is 3.06. The van der Waals surface area contributed by atoms with Gasteiger partial charge in [-0.05, 0) is 29.3 Å². The molecule has 0 spiro atoms. The molecule has 30 heavy (non-hydrogen) atoms. The van der Waals surface area contributed by atoms with Crippen molar-refractivity contribution < 1.29 is 27.9 Å². The average Bonchev–Trinajstić information content (AvgIpc) is 3.15. The maximum Gasteiger partial charge on any atom is 0.458 e. The summed E-state index contributed by atoms with van der Waals surface area (Å²) < 4.78 is 38.6. The van der Waals surface area contributed by atoms with Gasteiger partial charge in [-0.25, -0.2) is 4.98 Å². The van der Waals surface area contributed by atoms with Crippen LogP contribution in [0.5, 0.6) is 0 Å². The highest BCUT2D eigenvalue weighted by molar-refractivity contribution is 6.01. The molecule has 1 aliphatic rings. The molecule has 0 bridgehead atoms. The van der Waals surface area contributed by atoms with Crippen LogP contribution in [0.4, 0.5) is 13.2 Å². The zero-order valence-corrected chi connectivity index (χ0v) is 15.5. The quantitative estimate of drug-likeness (QED) is 0.683. The Hall–Kier alpha value is -3.46. The van der Waals surface area contributed by atoms with Crippen LogP contribution in [0.3, 0.4) is 0 Å². The van der Waals surface area contributed by atoms with Gasteiger partial charge in [-0.2, -0.15) is 13.2 Å². The van der Waals surface area contributed by atoms with Gasteiger partial charge in [0.05, 0.1) is 17.6 Å². The lowest BCUT2D eigenvalue weighted by Crippen LogP contribution is -2.45. The SMILES string of the molecule is O=C(NCc1cccc(C2=NOC(O)(C(F)(F)F)C2)c1)c1ccc2ccccc2n1. The minimum Gasteiger partial charge on any atom is -0.350 e. The van der Waals surface area contributed by atoms with Crippen LogP contribution < -0.4 is 5.32 Å². The standard InChI is InChI=1S/C21H16F3N3O3/c22-21(23,24)20(29)11-18(27-30-20)15-6-3-4-13(10-15)12-25-19(28)17-9-8-14-5-1-2-7-16(14)26-17/h1-10,29H,11-12H2,(H,25,28). The number of rotatable bonds is 4. The smallest absolute Gasteiger partial charge is 0.350 e. The summed E-state index contributed by atoms with van der Waals surface area (Å²) in [5.74, 6) is -3.70. The third kappa shape index (κ3) is 3.84. The highest BCUT2D eigenvalue weighted by atomic mass is 19.4. The van der Waals surface area contributed by atoms with E-state index in [9.17, 15) is 23.1 Å². The lowest BCUT2D eigenvalue weighted by Gasteiger charge is -2.22. The molecule has 1 aliphatic heterocycles. The molecule has 1 amide bonds. The molecule has 1 atom stereocenters. The molecule has 3 aromatic rings. The van der Waals surface area contributed by atoms with Crippen molar-refractivity contribution in [1.29, 1.82) is 0 Å². The van der Waals surface area contributed by atoms with Gasteiger partial charge in [0.15, 0.2) is 0 Å². The van der Waals surface area contributed by atoms with Crippen molar-refractivity contribution >= 4 is 22.5 Å². The second kappa shape index (κ2) is 7.42. The van der Waals surface area contributed by atoms with Crippen molar-refractivity contribution in [2.24, 2.45) is 5.16 Å². The molecule has 6 nitrogen and oxygen atoms in total. The number of oxime groups is 1. The number of carbonyl (C=O) groups excluding carboxylic acids is 1. The van der Waals surface area contributed by atoms with E-state index in [4.69, 9.17) is 0 Å². The normalized spacial score (nSPS) is 18.7. The molecular formula is C21H16F3N3O3. The van der Waals surface area contributed by atoms with Crippen LogP contribution in [0.15, 0.2) is 65.8 Å². The zero-order chi connectivity index (χ0) is 21.4. The Labute approximate surface area is 169 Å². The van der Waals surface area contributed by atoms with Crippen LogP contribution in [0.2, 0.25) is 0 Å². The first kappa shape index (κ1) is 19.8. The number of para-hydroxylation sites is 1. The molecule has 1 aromatic heterocycles. The zero-order valence-electron chi connectivity index (χ0n) is 15.5. The van der Waals surface area contributed by atoms with E-state index in [-0.39, 0.29) is 23.9 Å². The van der Waals surface area contributed by atoms with Crippen molar-refractivity contribution in [2.45, 2.75) is 24.9 Å². The summed E-state index contributed by atoms with van der Waals surface area (Å²) in [7, 11) is 0. The summed E-state index contributed by atoms with van der Waals surface area (Å²) in [6, 6.07) is 17.3. The fraction of sp³-hybridized carbons (Fsp3) is 0.190. The lowest BCUT2D eigenvalue weighted by atomic mass is 10.0. The Bertz CT molecular complexity index is 1150. The van der Waals surface area contributed by atoms with E-state index in [1.54, 1.807) is 36.4 Å². The van der Waals surface area contributed by atoms with Crippen molar-refractivity contribution in [3.63, 3.8) is 0 Å². The maximum atomic E-state index is 12.9. The number of aliphatic hydroxyl groups is 1. The molecular weight excluding hydrogens is 399 g/mol. The van der Waals surface area contributed by atoms with Gasteiger partial charge in [-0.15, -0.1) is 0 Å². The van der Waals surface area contributed by atoms with E-state index < -0.39 is 18.4 Å². The van der Waals surface area contributed by atoms with Gasteiger partial charge < -0.3 is 15.3 Å². The number of aromatic nitrogens is 1. The number of halogens is 3. The third-order valence-electron chi connectivity index (χ3n) is 4.70. The maximum absolute atomic E-state index is 12.9. The first-order valence-electron chi connectivity index (χ1n) is 9.03. The fourth-order valence-electron chi connectivity index (χ4n) is 3.06. The van der Waals surface area contributed by atoms with Gasteiger partial charge >= 0.3 is 12.0 Å². The number of nitrogens with one attached hydrogen (secondary N) is 1. The van der Waals surface area contributed by atoms with Crippen molar-refractivity contribution in [3.8, 4) is 0 Å². The van der Waals surface area contributed by atoms with Gasteiger partial charge in [0, 0.05) is 11.9 Å². The minimum absolute atomic E-state index is 0.0285. The van der Waals surface area contributed by atoms with E-state index in [0.717, 1.165) is 5.39 Å². The number of benzene rings is 2. The van der Waals surface area contributed by atoms with Gasteiger partial charge in [0.1, 0.15) is 5.69 Å². The monoisotopic (exact) mass is 415 g/mol. The van der Waals surface area contributed by atoms with Gasteiger partial charge in [-0.1, -0.05) is 47.6 Å². The number of hydrogen-bond donors (Lipinski definition) is 2. The van der Waals surface area contributed by atoms with Crippen LogP contribution in [-0.2, 0) is 11.4 Å².